The summed E-state index contributed by atoms with van der Waals surface area (Å²) in [4.78, 5) is 16.3. The molecular formula is C12H22N6O. The summed E-state index contributed by atoms with van der Waals surface area (Å²) in [7, 11) is 0. The second kappa shape index (κ2) is 6.63. The number of nitrogens with zero attached hydrogens (tertiary/aromatic N) is 4. The Bertz CT molecular complexity index is 385. The van der Waals surface area contributed by atoms with E-state index in [2.05, 4.69) is 27.2 Å². The van der Waals surface area contributed by atoms with Crippen molar-refractivity contribution in [3.8, 4) is 0 Å². The predicted octanol–water partition coefficient (Wildman–Crippen LogP) is -0.310. The van der Waals surface area contributed by atoms with Gasteiger partial charge in [0.2, 0.25) is 0 Å². The number of rotatable bonds is 5. The number of nitrogens with one attached hydrogen (secondary N) is 1. The van der Waals surface area contributed by atoms with Crippen molar-refractivity contribution in [3.05, 3.63) is 11.9 Å². The maximum absolute atomic E-state index is 12.1. The van der Waals surface area contributed by atoms with Gasteiger partial charge >= 0.3 is 0 Å². The van der Waals surface area contributed by atoms with Crippen LogP contribution in [0.4, 0.5) is 0 Å². The van der Waals surface area contributed by atoms with Gasteiger partial charge < -0.3 is 10.6 Å². The third-order valence-electron chi connectivity index (χ3n) is 3.65. The Morgan fingerprint density at radius 3 is 2.74 bits per heavy atom. The van der Waals surface area contributed by atoms with Crippen molar-refractivity contribution in [1.29, 1.82) is 0 Å². The fraction of sp³-hybridized carbons (Fsp3) is 0.750. The second-order valence-corrected chi connectivity index (χ2v) is 4.86. The van der Waals surface area contributed by atoms with Gasteiger partial charge in [-0.1, -0.05) is 13.3 Å². The minimum atomic E-state index is -0.0480. The van der Waals surface area contributed by atoms with Crippen LogP contribution in [0.25, 0.3) is 0 Å². The van der Waals surface area contributed by atoms with Crippen molar-refractivity contribution in [2.24, 2.45) is 5.73 Å². The highest BCUT2D eigenvalue weighted by Crippen LogP contribution is 2.11. The maximum Gasteiger partial charge on any atom is 0.276 e. The number of carbonyl (C=O) groups is 1. The molecule has 1 aliphatic rings. The van der Waals surface area contributed by atoms with Crippen LogP contribution in [0.1, 0.15) is 30.3 Å². The summed E-state index contributed by atoms with van der Waals surface area (Å²) in [5.74, 6) is -0.0480. The van der Waals surface area contributed by atoms with E-state index in [-0.39, 0.29) is 5.91 Å². The molecule has 19 heavy (non-hydrogen) atoms. The van der Waals surface area contributed by atoms with Gasteiger partial charge in [-0.25, -0.2) is 0 Å². The van der Waals surface area contributed by atoms with Crippen molar-refractivity contribution < 1.29 is 4.79 Å². The van der Waals surface area contributed by atoms with Crippen molar-refractivity contribution in [2.75, 3.05) is 32.7 Å². The van der Waals surface area contributed by atoms with Gasteiger partial charge in [0.25, 0.3) is 5.91 Å². The fourth-order valence-electron chi connectivity index (χ4n) is 2.54. The van der Waals surface area contributed by atoms with Crippen molar-refractivity contribution in [1.82, 2.24) is 25.2 Å². The van der Waals surface area contributed by atoms with Crippen molar-refractivity contribution in [3.63, 3.8) is 0 Å². The van der Waals surface area contributed by atoms with Crippen LogP contribution in [0.3, 0.4) is 0 Å². The SMILES string of the molecule is CCCC(CN)N1CCN(C(=O)c2cn[nH]n2)CC1. The number of hydrogen-bond acceptors (Lipinski definition) is 5. The molecule has 0 spiro atoms. The highest BCUT2D eigenvalue weighted by atomic mass is 16.2. The van der Waals surface area contributed by atoms with Gasteiger partial charge in [-0.05, 0) is 6.42 Å². The summed E-state index contributed by atoms with van der Waals surface area (Å²) in [5, 5.41) is 9.97. The lowest BCUT2D eigenvalue weighted by atomic mass is 10.1. The van der Waals surface area contributed by atoms with E-state index in [9.17, 15) is 4.79 Å². The van der Waals surface area contributed by atoms with Gasteiger partial charge in [-0.15, -0.1) is 0 Å². The molecular weight excluding hydrogens is 244 g/mol. The number of aromatic nitrogens is 3. The molecule has 1 aromatic rings. The first-order valence-corrected chi connectivity index (χ1v) is 6.85. The zero-order chi connectivity index (χ0) is 13.7. The first-order chi connectivity index (χ1) is 9.26. The largest absolute Gasteiger partial charge is 0.335 e. The summed E-state index contributed by atoms with van der Waals surface area (Å²) in [6.07, 6.45) is 3.72. The smallest absolute Gasteiger partial charge is 0.276 e. The number of amides is 1. The van der Waals surface area contributed by atoms with Gasteiger partial charge in [0, 0.05) is 38.8 Å². The van der Waals surface area contributed by atoms with Gasteiger partial charge in [-0.2, -0.15) is 15.4 Å². The number of H-pyrrole nitrogens is 1. The lowest BCUT2D eigenvalue weighted by molar-refractivity contribution is 0.0561. The van der Waals surface area contributed by atoms with Crippen molar-refractivity contribution >= 4 is 5.91 Å². The highest BCUT2D eigenvalue weighted by Gasteiger charge is 2.26. The molecule has 1 aromatic heterocycles. The zero-order valence-electron chi connectivity index (χ0n) is 11.4. The summed E-state index contributed by atoms with van der Waals surface area (Å²) >= 11 is 0. The molecule has 1 saturated heterocycles. The van der Waals surface area contributed by atoms with E-state index < -0.39 is 0 Å². The van der Waals surface area contributed by atoms with Crippen LogP contribution < -0.4 is 5.73 Å². The van der Waals surface area contributed by atoms with E-state index >= 15 is 0 Å². The van der Waals surface area contributed by atoms with Crippen LogP contribution in [0.2, 0.25) is 0 Å². The summed E-state index contributed by atoms with van der Waals surface area (Å²) < 4.78 is 0. The minimum absolute atomic E-state index is 0.0480. The molecule has 1 unspecified atom stereocenters. The molecule has 0 bridgehead atoms. The number of aromatic amines is 1. The van der Waals surface area contributed by atoms with Crippen LogP contribution in [-0.2, 0) is 0 Å². The van der Waals surface area contributed by atoms with E-state index in [0.29, 0.717) is 18.3 Å². The fourth-order valence-corrected chi connectivity index (χ4v) is 2.54. The van der Waals surface area contributed by atoms with E-state index in [1.165, 1.54) is 6.20 Å². The standard InChI is InChI=1S/C12H22N6O/c1-2-3-10(8-13)17-4-6-18(7-5-17)12(19)11-9-14-16-15-11/h9-10H,2-8,13H2,1H3,(H,14,15,16). The monoisotopic (exact) mass is 266 g/mol. The average Bonchev–Trinajstić information content (AvgIpc) is 2.98. The normalized spacial score (nSPS) is 18.5. The average molecular weight is 266 g/mol. The molecule has 1 aliphatic heterocycles. The quantitative estimate of drug-likeness (QED) is 0.763. The second-order valence-electron chi connectivity index (χ2n) is 4.86. The van der Waals surface area contributed by atoms with E-state index in [4.69, 9.17) is 5.73 Å². The highest BCUT2D eigenvalue weighted by molar-refractivity contribution is 5.91. The van der Waals surface area contributed by atoms with Crippen LogP contribution in [0, 0.1) is 0 Å². The lowest BCUT2D eigenvalue weighted by Crippen LogP contribution is -2.53. The Kier molecular flexibility index (Phi) is 4.86. The summed E-state index contributed by atoms with van der Waals surface area (Å²) in [5.41, 5.74) is 6.20. The zero-order valence-corrected chi connectivity index (χ0v) is 11.4. The van der Waals surface area contributed by atoms with E-state index in [1.807, 2.05) is 4.90 Å². The van der Waals surface area contributed by atoms with Crippen LogP contribution in [-0.4, -0.2) is 69.9 Å². The van der Waals surface area contributed by atoms with Gasteiger partial charge in [-0.3, -0.25) is 9.69 Å². The topological polar surface area (TPSA) is 91.1 Å². The number of nitrogens with two attached hydrogens (primary N) is 1. The molecule has 1 amide bonds. The number of carbonyl (C=O) groups excluding carboxylic acids is 1. The van der Waals surface area contributed by atoms with Gasteiger partial charge in [0.1, 0.15) is 0 Å². The first-order valence-electron chi connectivity index (χ1n) is 6.85. The first kappa shape index (κ1) is 14.0. The number of hydrogen-bond donors (Lipinski definition) is 2. The van der Waals surface area contributed by atoms with Gasteiger partial charge in [0.05, 0.1) is 6.20 Å². The van der Waals surface area contributed by atoms with E-state index in [0.717, 1.165) is 39.0 Å². The Morgan fingerprint density at radius 2 is 2.21 bits per heavy atom. The molecule has 0 aromatic carbocycles. The molecule has 7 nitrogen and oxygen atoms in total. The van der Waals surface area contributed by atoms with Crippen molar-refractivity contribution in [2.45, 2.75) is 25.8 Å². The van der Waals surface area contributed by atoms with Crippen LogP contribution in [0.15, 0.2) is 6.20 Å². The molecule has 0 radical (unpaired) electrons. The molecule has 1 fully saturated rings. The molecule has 3 N–H and O–H groups in total. The molecule has 2 heterocycles. The Morgan fingerprint density at radius 1 is 1.47 bits per heavy atom. The summed E-state index contributed by atoms with van der Waals surface area (Å²) in [6, 6.07) is 0.439. The Labute approximate surface area is 113 Å². The molecule has 106 valence electrons. The van der Waals surface area contributed by atoms with Gasteiger partial charge in [0.15, 0.2) is 5.69 Å². The predicted molar refractivity (Wildman–Crippen MR) is 71.6 cm³/mol. The Balaban J connectivity index is 1.87. The van der Waals surface area contributed by atoms with Crippen LogP contribution >= 0.6 is 0 Å². The molecule has 1 atom stereocenters. The Hall–Kier alpha value is -1.47. The van der Waals surface area contributed by atoms with Crippen LogP contribution in [0.5, 0.6) is 0 Å². The van der Waals surface area contributed by atoms with E-state index in [1.54, 1.807) is 0 Å². The minimum Gasteiger partial charge on any atom is -0.335 e. The number of piperazine rings is 1. The third kappa shape index (κ3) is 3.30. The molecule has 0 aliphatic carbocycles. The lowest BCUT2D eigenvalue weighted by Gasteiger charge is -2.38. The molecule has 0 saturated carbocycles. The molecule has 7 heteroatoms. The maximum atomic E-state index is 12.1. The molecule has 2 rings (SSSR count). The summed E-state index contributed by atoms with van der Waals surface area (Å²) in [6.45, 7) is 6.08. The third-order valence-corrected chi connectivity index (χ3v) is 3.65.